The molecule has 0 radical (unpaired) electrons. The molecule has 1 saturated carbocycles. The van der Waals surface area contributed by atoms with Crippen LogP contribution in [0.2, 0.25) is 0 Å². The SMILES string of the molecule is CCOC(=O)c1ccn(-c2ccc(NC(=O)C(C)N3C(=O)NC4(CCCC4)C3=O)cc2)n1. The van der Waals surface area contributed by atoms with Crippen LogP contribution in [-0.2, 0) is 14.3 Å². The fraction of sp³-hybridized carbons (Fsp3) is 0.409. The van der Waals surface area contributed by atoms with Gasteiger partial charge < -0.3 is 15.4 Å². The number of nitrogens with one attached hydrogen (secondary N) is 2. The first-order chi connectivity index (χ1) is 15.3. The van der Waals surface area contributed by atoms with Crippen LogP contribution in [0.15, 0.2) is 36.5 Å². The first-order valence-corrected chi connectivity index (χ1v) is 10.6. The fourth-order valence-electron chi connectivity index (χ4n) is 4.15. The lowest BCUT2D eigenvalue weighted by Gasteiger charge is -2.23. The minimum absolute atomic E-state index is 0.201. The molecule has 10 nitrogen and oxygen atoms in total. The predicted molar refractivity (Wildman–Crippen MR) is 114 cm³/mol. The van der Waals surface area contributed by atoms with Gasteiger partial charge in [0.25, 0.3) is 5.91 Å². The molecule has 1 unspecified atom stereocenters. The van der Waals surface area contributed by atoms with Gasteiger partial charge in [0.2, 0.25) is 5.91 Å². The number of imide groups is 1. The number of hydrogen-bond acceptors (Lipinski definition) is 6. The van der Waals surface area contributed by atoms with E-state index in [1.54, 1.807) is 43.5 Å². The van der Waals surface area contributed by atoms with E-state index in [1.165, 1.54) is 11.6 Å². The van der Waals surface area contributed by atoms with Gasteiger partial charge in [-0.15, -0.1) is 0 Å². The Morgan fingerprint density at radius 3 is 2.53 bits per heavy atom. The van der Waals surface area contributed by atoms with Crippen LogP contribution in [0.1, 0.15) is 50.0 Å². The number of esters is 1. The molecule has 4 rings (SSSR count). The number of carbonyl (C=O) groups excluding carboxylic acids is 4. The molecule has 10 heteroatoms. The summed E-state index contributed by atoms with van der Waals surface area (Å²) in [5.74, 6) is -1.28. The summed E-state index contributed by atoms with van der Waals surface area (Å²) in [5.41, 5.74) is 0.543. The monoisotopic (exact) mass is 439 g/mol. The molecule has 2 fully saturated rings. The van der Waals surface area contributed by atoms with Crippen LogP contribution < -0.4 is 10.6 Å². The third kappa shape index (κ3) is 3.83. The van der Waals surface area contributed by atoms with Crippen molar-refractivity contribution < 1.29 is 23.9 Å². The lowest BCUT2D eigenvalue weighted by Crippen LogP contribution is -2.48. The van der Waals surface area contributed by atoms with Gasteiger partial charge in [-0.1, -0.05) is 12.8 Å². The van der Waals surface area contributed by atoms with Gasteiger partial charge in [0, 0.05) is 11.9 Å². The molecule has 1 spiro atoms. The largest absolute Gasteiger partial charge is 0.461 e. The molecule has 2 aromatic rings. The highest BCUT2D eigenvalue weighted by molar-refractivity contribution is 6.11. The molecule has 2 heterocycles. The Labute approximate surface area is 184 Å². The number of benzene rings is 1. The number of amides is 4. The number of aromatic nitrogens is 2. The van der Waals surface area contributed by atoms with Crippen LogP contribution in [0.4, 0.5) is 10.5 Å². The Kier molecular flexibility index (Phi) is 5.68. The Morgan fingerprint density at radius 1 is 1.19 bits per heavy atom. The topological polar surface area (TPSA) is 123 Å². The van der Waals surface area contributed by atoms with Gasteiger partial charge in [-0.2, -0.15) is 5.10 Å². The Morgan fingerprint density at radius 2 is 1.88 bits per heavy atom. The van der Waals surface area contributed by atoms with Crippen LogP contribution in [-0.4, -0.2) is 56.7 Å². The van der Waals surface area contributed by atoms with Crippen LogP contribution >= 0.6 is 0 Å². The van der Waals surface area contributed by atoms with E-state index in [2.05, 4.69) is 15.7 Å². The van der Waals surface area contributed by atoms with Gasteiger partial charge in [0.1, 0.15) is 11.6 Å². The van der Waals surface area contributed by atoms with Crippen molar-refractivity contribution >= 4 is 29.5 Å². The molecule has 4 amide bonds. The van der Waals surface area contributed by atoms with Gasteiger partial charge in [0.05, 0.1) is 12.3 Å². The van der Waals surface area contributed by atoms with Crippen LogP contribution in [0.25, 0.3) is 5.69 Å². The minimum Gasteiger partial charge on any atom is -0.461 e. The van der Waals surface area contributed by atoms with E-state index >= 15 is 0 Å². The number of nitrogens with zero attached hydrogens (tertiary/aromatic N) is 3. The van der Waals surface area contributed by atoms with Crippen molar-refractivity contribution in [1.82, 2.24) is 20.0 Å². The first kappa shape index (κ1) is 21.5. The van der Waals surface area contributed by atoms with E-state index in [4.69, 9.17) is 4.74 Å². The highest BCUT2D eigenvalue weighted by Gasteiger charge is 2.54. The van der Waals surface area contributed by atoms with Crippen LogP contribution in [0, 0.1) is 0 Å². The summed E-state index contributed by atoms with van der Waals surface area (Å²) < 4.78 is 6.45. The molecular formula is C22H25N5O5. The second kappa shape index (κ2) is 8.45. The molecule has 1 aromatic heterocycles. The third-order valence-corrected chi connectivity index (χ3v) is 5.89. The number of ether oxygens (including phenoxy) is 1. The Hall–Kier alpha value is -3.69. The summed E-state index contributed by atoms with van der Waals surface area (Å²) in [6, 6.07) is 6.90. The molecular weight excluding hydrogens is 414 g/mol. The van der Waals surface area contributed by atoms with Gasteiger partial charge in [-0.3, -0.25) is 9.59 Å². The molecule has 0 bridgehead atoms. The van der Waals surface area contributed by atoms with E-state index in [1.807, 2.05) is 0 Å². The maximum absolute atomic E-state index is 12.9. The zero-order chi connectivity index (χ0) is 22.9. The average molecular weight is 439 g/mol. The molecule has 1 saturated heterocycles. The molecule has 1 aliphatic carbocycles. The minimum atomic E-state index is -0.944. The first-order valence-electron chi connectivity index (χ1n) is 10.6. The second-order valence-electron chi connectivity index (χ2n) is 7.97. The van der Waals surface area contributed by atoms with Crippen molar-refractivity contribution in [3.05, 3.63) is 42.2 Å². The maximum atomic E-state index is 12.9. The Bertz CT molecular complexity index is 1050. The van der Waals surface area contributed by atoms with E-state index in [-0.39, 0.29) is 18.2 Å². The highest BCUT2D eigenvalue weighted by Crippen LogP contribution is 2.35. The number of anilines is 1. The van der Waals surface area contributed by atoms with Crippen molar-refractivity contribution in [1.29, 1.82) is 0 Å². The average Bonchev–Trinajstić information content (AvgIpc) is 3.49. The quantitative estimate of drug-likeness (QED) is 0.526. The zero-order valence-electron chi connectivity index (χ0n) is 18.0. The summed E-state index contributed by atoms with van der Waals surface area (Å²) in [5, 5.41) is 9.72. The summed E-state index contributed by atoms with van der Waals surface area (Å²) in [7, 11) is 0. The number of urea groups is 1. The normalized spacial score (nSPS) is 18.0. The van der Waals surface area contributed by atoms with Crippen molar-refractivity contribution in [2.24, 2.45) is 0 Å². The highest BCUT2D eigenvalue weighted by atomic mass is 16.5. The Balaban J connectivity index is 1.41. The van der Waals surface area contributed by atoms with Crippen molar-refractivity contribution in [2.75, 3.05) is 11.9 Å². The summed E-state index contributed by atoms with van der Waals surface area (Å²) in [6.07, 6.45) is 4.61. The van der Waals surface area contributed by atoms with Gasteiger partial charge in [-0.25, -0.2) is 19.2 Å². The van der Waals surface area contributed by atoms with Gasteiger partial charge >= 0.3 is 12.0 Å². The number of rotatable bonds is 6. The second-order valence-corrected chi connectivity index (χ2v) is 7.97. The van der Waals surface area contributed by atoms with E-state index in [9.17, 15) is 19.2 Å². The number of carbonyl (C=O) groups is 4. The van der Waals surface area contributed by atoms with Crippen LogP contribution in [0.5, 0.6) is 0 Å². The zero-order valence-corrected chi connectivity index (χ0v) is 18.0. The van der Waals surface area contributed by atoms with Gasteiger partial charge in [0.15, 0.2) is 5.69 Å². The molecule has 168 valence electrons. The van der Waals surface area contributed by atoms with E-state index < -0.39 is 29.5 Å². The number of hydrogen-bond donors (Lipinski definition) is 2. The van der Waals surface area contributed by atoms with Crippen molar-refractivity contribution in [3.63, 3.8) is 0 Å². The summed E-state index contributed by atoms with van der Waals surface area (Å²) >= 11 is 0. The summed E-state index contributed by atoms with van der Waals surface area (Å²) in [4.78, 5) is 50.8. The molecule has 1 atom stereocenters. The summed E-state index contributed by atoms with van der Waals surface area (Å²) in [6.45, 7) is 3.53. The van der Waals surface area contributed by atoms with E-state index in [0.29, 0.717) is 24.2 Å². The van der Waals surface area contributed by atoms with Crippen molar-refractivity contribution in [3.8, 4) is 5.69 Å². The van der Waals surface area contributed by atoms with Gasteiger partial charge in [-0.05, 0) is 57.0 Å². The molecule has 1 aromatic carbocycles. The maximum Gasteiger partial charge on any atom is 0.358 e. The standard InChI is InChI=1S/C22H25N5O5/c1-3-32-19(29)17-10-13-26(25-17)16-8-6-15(7-9-16)23-18(28)14(2)27-20(30)22(24-21(27)31)11-4-5-12-22/h6-10,13-14H,3-5,11-12H2,1-2H3,(H,23,28)(H,24,31). The molecule has 32 heavy (non-hydrogen) atoms. The molecule has 2 N–H and O–H groups in total. The molecule has 1 aliphatic heterocycles. The van der Waals surface area contributed by atoms with Crippen molar-refractivity contribution in [2.45, 2.75) is 51.1 Å². The smallest absolute Gasteiger partial charge is 0.358 e. The molecule has 2 aliphatic rings. The lowest BCUT2D eigenvalue weighted by molar-refractivity contribution is -0.136. The lowest BCUT2D eigenvalue weighted by atomic mass is 9.97. The van der Waals surface area contributed by atoms with Crippen LogP contribution in [0.3, 0.4) is 0 Å². The fourth-order valence-corrected chi connectivity index (χ4v) is 4.15. The van der Waals surface area contributed by atoms with E-state index in [0.717, 1.165) is 17.7 Å². The third-order valence-electron chi connectivity index (χ3n) is 5.89. The predicted octanol–water partition coefficient (Wildman–Crippen LogP) is 2.24.